The van der Waals surface area contributed by atoms with Gasteiger partial charge in [-0.05, 0) is 37.2 Å². The van der Waals surface area contributed by atoms with Gasteiger partial charge in [0, 0.05) is 23.1 Å². The second kappa shape index (κ2) is 7.45. The van der Waals surface area contributed by atoms with Crippen molar-refractivity contribution in [1.82, 2.24) is 10.6 Å². The van der Waals surface area contributed by atoms with Crippen LogP contribution >= 0.6 is 15.9 Å². The molecule has 0 fully saturated rings. The van der Waals surface area contributed by atoms with Gasteiger partial charge in [-0.15, -0.1) is 0 Å². The molecule has 2 N–H and O–H groups in total. The lowest BCUT2D eigenvalue weighted by molar-refractivity contribution is -0.117. The highest BCUT2D eigenvalue weighted by Gasteiger charge is 2.16. The summed E-state index contributed by atoms with van der Waals surface area (Å²) in [5.74, 6) is 0.753. The van der Waals surface area contributed by atoms with Gasteiger partial charge in [0.25, 0.3) is 5.91 Å². The van der Waals surface area contributed by atoms with Gasteiger partial charge in [0.15, 0.2) is 0 Å². The molecule has 108 valence electrons. The van der Waals surface area contributed by atoms with Crippen molar-refractivity contribution in [2.75, 3.05) is 26.2 Å². The van der Waals surface area contributed by atoms with Crippen LogP contribution in [0.4, 0.5) is 0 Å². The van der Waals surface area contributed by atoms with Crippen LogP contribution in [0.1, 0.15) is 18.9 Å². The predicted molar refractivity (Wildman–Crippen MR) is 83.8 cm³/mol. The molecule has 0 bridgehead atoms. The van der Waals surface area contributed by atoms with Crippen molar-refractivity contribution in [2.45, 2.75) is 13.3 Å². The third-order valence-electron chi connectivity index (χ3n) is 2.99. The van der Waals surface area contributed by atoms with Gasteiger partial charge in [-0.2, -0.15) is 0 Å². The minimum atomic E-state index is -0.0612. The monoisotopic (exact) mass is 338 g/mol. The Bertz CT molecular complexity index is 515. The van der Waals surface area contributed by atoms with Gasteiger partial charge in [-0.25, -0.2) is 0 Å². The Labute approximate surface area is 127 Å². The molecule has 2 rings (SSSR count). The Morgan fingerprint density at radius 1 is 1.35 bits per heavy atom. The first-order valence-electron chi connectivity index (χ1n) is 6.82. The molecule has 0 saturated carbocycles. The number of halogens is 1. The zero-order valence-corrected chi connectivity index (χ0v) is 13.1. The van der Waals surface area contributed by atoms with Crippen LogP contribution < -0.4 is 15.4 Å². The molecule has 0 aromatic heterocycles. The summed E-state index contributed by atoms with van der Waals surface area (Å²) in [5.41, 5.74) is 1.59. The first-order chi connectivity index (χ1) is 9.70. The molecule has 0 saturated heterocycles. The summed E-state index contributed by atoms with van der Waals surface area (Å²) in [6, 6.07) is 5.78. The number of fused-ring (bicyclic) bond motifs is 1. The smallest absolute Gasteiger partial charge is 0.250 e. The third-order valence-corrected chi connectivity index (χ3v) is 3.48. The van der Waals surface area contributed by atoms with Crippen molar-refractivity contribution in [3.63, 3.8) is 0 Å². The van der Waals surface area contributed by atoms with E-state index in [0.717, 1.165) is 35.3 Å². The number of hydrogen-bond donors (Lipinski definition) is 2. The van der Waals surface area contributed by atoms with Crippen molar-refractivity contribution in [1.29, 1.82) is 0 Å². The summed E-state index contributed by atoms with van der Waals surface area (Å²) in [6.07, 6.45) is 2.98. The van der Waals surface area contributed by atoms with Gasteiger partial charge in [-0.1, -0.05) is 22.9 Å². The van der Waals surface area contributed by atoms with E-state index in [-0.39, 0.29) is 5.91 Å². The molecule has 1 aromatic carbocycles. The summed E-state index contributed by atoms with van der Waals surface area (Å²) in [5, 5.41) is 6.14. The van der Waals surface area contributed by atoms with Gasteiger partial charge in [0.1, 0.15) is 12.4 Å². The molecule has 1 aliphatic heterocycles. The van der Waals surface area contributed by atoms with E-state index in [9.17, 15) is 4.79 Å². The summed E-state index contributed by atoms with van der Waals surface area (Å²) in [7, 11) is 0. The lowest BCUT2D eigenvalue weighted by Crippen LogP contribution is -2.34. The predicted octanol–water partition coefficient (Wildman–Crippen LogP) is 2.34. The zero-order chi connectivity index (χ0) is 14.4. The van der Waals surface area contributed by atoms with Crippen molar-refractivity contribution in [2.24, 2.45) is 0 Å². The van der Waals surface area contributed by atoms with E-state index in [1.165, 1.54) is 0 Å². The number of amides is 1. The van der Waals surface area contributed by atoms with Gasteiger partial charge < -0.3 is 15.4 Å². The Morgan fingerprint density at radius 2 is 2.20 bits per heavy atom. The van der Waals surface area contributed by atoms with Gasteiger partial charge in [-0.3, -0.25) is 4.79 Å². The summed E-state index contributed by atoms with van der Waals surface area (Å²) in [6.45, 7) is 4.83. The van der Waals surface area contributed by atoms with Gasteiger partial charge >= 0.3 is 0 Å². The van der Waals surface area contributed by atoms with E-state index in [4.69, 9.17) is 4.74 Å². The Kier molecular flexibility index (Phi) is 5.61. The molecule has 1 aromatic rings. The fourth-order valence-corrected chi connectivity index (χ4v) is 2.34. The topological polar surface area (TPSA) is 50.4 Å². The highest BCUT2D eigenvalue weighted by atomic mass is 79.9. The van der Waals surface area contributed by atoms with Crippen LogP contribution in [0.15, 0.2) is 28.2 Å². The molecular weight excluding hydrogens is 320 g/mol. The molecule has 5 heteroatoms. The van der Waals surface area contributed by atoms with Crippen LogP contribution in [-0.4, -0.2) is 32.1 Å². The highest BCUT2D eigenvalue weighted by Crippen LogP contribution is 2.29. The van der Waals surface area contributed by atoms with Crippen molar-refractivity contribution in [3.8, 4) is 5.75 Å². The third kappa shape index (κ3) is 4.08. The highest BCUT2D eigenvalue weighted by molar-refractivity contribution is 9.10. The van der Waals surface area contributed by atoms with Crippen LogP contribution in [0.25, 0.3) is 6.08 Å². The maximum Gasteiger partial charge on any atom is 0.250 e. The van der Waals surface area contributed by atoms with E-state index >= 15 is 0 Å². The first-order valence-corrected chi connectivity index (χ1v) is 7.62. The molecule has 20 heavy (non-hydrogen) atoms. The minimum Gasteiger partial charge on any atom is -0.488 e. The normalized spacial score (nSPS) is 13.2. The van der Waals surface area contributed by atoms with Crippen molar-refractivity contribution in [3.05, 3.63) is 33.8 Å². The van der Waals surface area contributed by atoms with Crippen molar-refractivity contribution < 1.29 is 9.53 Å². The Hall–Kier alpha value is -1.33. The van der Waals surface area contributed by atoms with Crippen molar-refractivity contribution >= 4 is 27.9 Å². The van der Waals surface area contributed by atoms with Crippen LogP contribution in [0.2, 0.25) is 0 Å². The summed E-state index contributed by atoms with van der Waals surface area (Å²) < 4.78 is 6.57. The average molecular weight is 339 g/mol. The first kappa shape index (κ1) is 15.1. The zero-order valence-electron chi connectivity index (χ0n) is 11.5. The lowest BCUT2D eigenvalue weighted by Gasteiger charge is -2.18. The average Bonchev–Trinajstić information content (AvgIpc) is 2.46. The summed E-state index contributed by atoms with van der Waals surface area (Å²) >= 11 is 3.42. The molecule has 1 aliphatic rings. The SMILES string of the molecule is CCCNCCNC(=O)C1=Cc2cc(Br)ccc2OC1. The number of benzene rings is 1. The standard InChI is InChI=1S/C15H19BrN2O2/c1-2-5-17-6-7-18-15(19)12-8-11-9-13(16)3-4-14(11)20-10-12/h3-4,8-9,17H,2,5-7,10H2,1H3,(H,18,19). The number of nitrogens with one attached hydrogen (secondary N) is 2. The second-order valence-corrected chi connectivity index (χ2v) is 5.56. The quantitative estimate of drug-likeness (QED) is 0.783. The van der Waals surface area contributed by atoms with E-state index in [1.807, 2.05) is 24.3 Å². The lowest BCUT2D eigenvalue weighted by atomic mass is 10.1. The Morgan fingerprint density at radius 3 is 3.00 bits per heavy atom. The van der Waals surface area contributed by atoms with Crippen LogP contribution in [0, 0.1) is 0 Å². The number of carbonyl (C=O) groups excluding carboxylic acids is 1. The number of carbonyl (C=O) groups is 1. The fourth-order valence-electron chi connectivity index (χ4n) is 1.96. The maximum atomic E-state index is 12.0. The fraction of sp³-hybridized carbons (Fsp3) is 0.400. The van der Waals surface area contributed by atoms with Gasteiger partial charge in [0.2, 0.25) is 0 Å². The minimum absolute atomic E-state index is 0.0612. The number of ether oxygens (including phenoxy) is 1. The van der Waals surface area contributed by atoms with Crippen LogP contribution in [0.3, 0.4) is 0 Å². The van der Waals surface area contributed by atoms with E-state index < -0.39 is 0 Å². The number of rotatable bonds is 6. The Balaban J connectivity index is 1.91. The summed E-state index contributed by atoms with van der Waals surface area (Å²) in [4.78, 5) is 12.0. The maximum absolute atomic E-state index is 12.0. The molecule has 0 atom stereocenters. The molecule has 4 nitrogen and oxygen atoms in total. The number of hydrogen-bond acceptors (Lipinski definition) is 3. The van der Waals surface area contributed by atoms with E-state index in [1.54, 1.807) is 0 Å². The largest absolute Gasteiger partial charge is 0.488 e. The molecule has 0 radical (unpaired) electrons. The molecule has 0 spiro atoms. The molecule has 0 aliphatic carbocycles. The van der Waals surface area contributed by atoms with Crippen LogP contribution in [0.5, 0.6) is 5.75 Å². The molecule has 0 unspecified atom stereocenters. The second-order valence-electron chi connectivity index (χ2n) is 4.65. The molecule has 1 heterocycles. The van der Waals surface area contributed by atoms with E-state index in [2.05, 4.69) is 33.5 Å². The molecule has 1 amide bonds. The molecular formula is C15H19BrN2O2. The van der Waals surface area contributed by atoms with Crippen LogP contribution in [-0.2, 0) is 4.79 Å². The van der Waals surface area contributed by atoms with E-state index in [0.29, 0.717) is 18.7 Å². The van der Waals surface area contributed by atoms with Gasteiger partial charge in [0.05, 0.1) is 5.57 Å².